The first-order valence-electron chi connectivity index (χ1n) is 22.8. The van der Waals surface area contributed by atoms with E-state index in [1.54, 1.807) is 0 Å². The first kappa shape index (κ1) is 53.0. The number of nitrogens with zero attached hydrogens (tertiary/aromatic N) is 1. The molecule has 0 aliphatic carbocycles. The van der Waals surface area contributed by atoms with Crippen molar-refractivity contribution < 1.29 is 42.1 Å². The Morgan fingerprint density at radius 2 is 0.833 bits per heavy atom. The summed E-state index contributed by atoms with van der Waals surface area (Å²) in [6.45, 7) is 4.42. The summed E-state index contributed by atoms with van der Waals surface area (Å²) < 4.78 is 34.2. The summed E-state index contributed by atoms with van der Waals surface area (Å²) in [5, 5.41) is 0. The number of unbranched alkanes of at least 4 members (excludes halogenated alkanes) is 28. The number of likely N-dealkylation sites (N-methyl/N-ethyl adjacent to an activating group) is 1. The molecular weight excluding hydrogens is 701 g/mol. The molecule has 0 aromatic heterocycles. The van der Waals surface area contributed by atoms with Crippen LogP contribution in [0.3, 0.4) is 0 Å². The van der Waals surface area contributed by atoms with Crippen molar-refractivity contribution in [1.82, 2.24) is 0 Å². The second-order valence-corrected chi connectivity index (χ2v) is 18.3. The smallest absolute Gasteiger partial charge is 0.462 e. The normalized spacial score (nSPS) is 13.5. The summed E-state index contributed by atoms with van der Waals surface area (Å²) >= 11 is 0. The van der Waals surface area contributed by atoms with E-state index in [2.05, 4.69) is 13.8 Å². The summed E-state index contributed by atoms with van der Waals surface area (Å²) in [4.78, 5) is 35.2. The number of quaternary nitrogens is 1. The van der Waals surface area contributed by atoms with Gasteiger partial charge in [-0.05, 0) is 12.8 Å². The Bertz CT molecular complexity index is 896. The van der Waals surface area contributed by atoms with Crippen molar-refractivity contribution in [2.75, 3.05) is 47.5 Å². The lowest BCUT2D eigenvalue weighted by molar-refractivity contribution is -0.870. The van der Waals surface area contributed by atoms with Gasteiger partial charge in [0.2, 0.25) is 0 Å². The molecule has 9 nitrogen and oxygen atoms in total. The maximum Gasteiger partial charge on any atom is 0.472 e. The molecule has 0 saturated heterocycles. The molecule has 1 unspecified atom stereocenters. The molecule has 54 heavy (non-hydrogen) atoms. The van der Waals surface area contributed by atoms with Gasteiger partial charge >= 0.3 is 19.8 Å². The van der Waals surface area contributed by atoms with Gasteiger partial charge in [-0.1, -0.05) is 194 Å². The topological polar surface area (TPSA) is 108 Å². The van der Waals surface area contributed by atoms with Gasteiger partial charge < -0.3 is 18.9 Å². The molecule has 0 aromatic rings. The zero-order valence-corrected chi connectivity index (χ0v) is 37.1. The monoisotopic (exact) mass is 791 g/mol. The molecule has 322 valence electrons. The van der Waals surface area contributed by atoms with Gasteiger partial charge in [0.1, 0.15) is 19.8 Å². The molecule has 2 atom stereocenters. The third kappa shape index (κ3) is 40.7. The fourth-order valence-corrected chi connectivity index (χ4v) is 7.29. The Balaban J connectivity index is 4.09. The zero-order valence-electron chi connectivity index (χ0n) is 36.2. The van der Waals surface area contributed by atoms with Crippen LogP contribution in [-0.4, -0.2) is 74.9 Å². The van der Waals surface area contributed by atoms with Crippen LogP contribution < -0.4 is 0 Å². The van der Waals surface area contributed by atoms with Crippen molar-refractivity contribution >= 4 is 19.8 Å². The zero-order chi connectivity index (χ0) is 40.0. The van der Waals surface area contributed by atoms with Crippen LogP contribution in [-0.2, 0) is 32.7 Å². The molecule has 1 N–H and O–H groups in total. The largest absolute Gasteiger partial charge is 0.472 e. The van der Waals surface area contributed by atoms with Crippen LogP contribution in [0.5, 0.6) is 0 Å². The molecule has 0 aromatic carbocycles. The number of hydrogen-bond donors (Lipinski definition) is 1. The van der Waals surface area contributed by atoms with Crippen LogP contribution in [0, 0.1) is 0 Å². The van der Waals surface area contributed by atoms with Crippen LogP contribution in [0.1, 0.15) is 219 Å². The molecule has 0 aliphatic heterocycles. The number of carbonyl (C=O) groups is 2. The van der Waals surface area contributed by atoms with Crippen LogP contribution in [0.15, 0.2) is 0 Å². The van der Waals surface area contributed by atoms with Crippen LogP contribution in [0.4, 0.5) is 0 Å². The van der Waals surface area contributed by atoms with E-state index in [1.807, 2.05) is 21.1 Å². The molecule has 0 amide bonds. The second kappa shape index (κ2) is 37.6. The molecule has 0 rings (SSSR count). The van der Waals surface area contributed by atoms with E-state index >= 15 is 0 Å². The van der Waals surface area contributed by atoms with Crippen molar-refractivity contribution in [1.29, 1.82) is 0 Å². The van der Waals surface area contributed by atoms with E-state index in [0.29, 0.717) is 23.9 Å². The highest BCUT2D eigenvalue weighted by Crippen LogP contribution is 2.43. The summed E-state index contributed by atoms with van der Waals surface area (Å²) in [7, 11) is 1.49. The molecule has 0 spiro atoms. The highest BCUT2D eigenvalue weighted by Gasteiger charge is 2.27. The molecule has 0 aliphatic rings. The summed E-state index contributed by atoms with van der Waals surface area (Å²) in [6.07, 6.45) is 37.4. The highest BCUT2D eigenvalue weighted by molar-refractivity contribution is 7.47. The van der Waals surface area contributed by atoms with E-state index < -0.39 is 26.5 Å². The fourth-order valence-electron chi connectivity index (χ4n) is 6.54. The van der Waals surface area contributed by atoms with Crippen molar-refractivity contribution in [2.24, 2.45) is 0 Å². The molecule has 0 bridgehead atoms. The maximum absolute atomic E-state index is 12.6. The van der Waals surface area contributed by atoms with E-state index in [9.17, 15) is 19.0 Å². The standard InChI is InChI=1S/C44H88NO8P/c1-6-8-10-12-14-16-17-18-19-20-21-22-23-24-25-26-27-28-29-31-32-34-36-43(46)50-40-42(41-52-54(48,49)51-39-38-45(3,4)5)53-44(47)37-35-33-30-15-13-11-9-7-2/h42H,6-41H2,1-5H3/p+1/t42-/m1/s1. The second-order valence-electron chi connectivity index (χ2n) is 16.8. The van der Waals surface area contributed by atoms with Crippen molar-refractivity contribution in [3.05, 3.63) is 0 Å². The van der Waals surface area contributed by atoms with Crippen LogP contribution >= 0.6 is 7.82 Å². The lowest BCUT2D eigenvalue weighted by Gasteiger charge is -2.24. The number of hydrogen-bond acceptors (Lipinski definition) is 7. The molecule has 0 heterocycles. The Morgan fingerprint density at radius 1 is 0.500 bits per heavy atom. The predicted octanol–water partition coefficient (Wildman–Crippen LogP) is 12.8. The molecule has 10 heteroatoms. The Kier molecular flexibility index (Phi) is 36.9. The minimum absolute atomic E-state index is 0.0364. The summed E-state index contributed by atoms with van der Waals surface area (Å²) in [5.74, 6) is -0.789. The third-order valence-electron chi connectivity index (χ3n) is 10.1. The molecule has 0 saturated carbocycles. The van der Waals surface area contributed by atoms with Gasteiger partial charge in [-0.3, -0.25) is 18.6 Å². The van der Waals surface area contributed by atoms with Crippen LogP contribution in [0.2, 0.25) is 0 Å². The highest BCUT2D eigenvalue weighted by atomic mass is 31.2. The quantitative estimate of drug-likeness (QED) is 0.0282. The number of phosphoric acid groups is 1. The van der Waals surface area contributed by atoms with E-state index in [0.717, 1.165) is 32.1 Å². The maximum atomic E-state index is 12.6. The van der Waals surface area contributed by atoms with Crippen molar-refractivity contribution in [3.8, 4) is 0 Å². The molecule has 0 radical (unpaired) electrons. The first-order chi connectivity index (χ1) is 26.0. The minimum Gasteiger partial charge on any atom is -0.462 e. The SMILES string of the molecule is CCCCCCCCCCCCCCCCCCCCCCCCC(=O)OC[C@H](COP(=O)(O)OCC[N+](C)(C)C)OC(=O)CCCCCCCCCC. The van der Waals surface area contributed by atoms with Crippen LogP contribution in [0.25, 0.3) is 0 Å². The van der Waals surface area contributed by atoms with Crippen molar-refractivity contribution in [2.45, 2.75) is 225 Å². The van der Waals surface area contributed by atoms with Crippen molar-refractivity contribution in [3.63, 3.8) is 0 Å². The number of rotatable bonds is 42. The average Bonchev–Trinajstić information content (AvgIpc) is 3.12. The lowest BCUT2D eigenvalue weighted by atomic mass is 10.0. The lowest BCUT2D eigenvalue weighted by Crippen LogP contribution is -2.37. The third-order valence-corrected chi connectivity index (χ3v) is 11.1. The van der Waals surface area contributed by atoms with Gasteiger partial charge in [-0.2, -0.15) is 0 Å². The Labute approximate surface area is 334 Å². The first-order valence-corrected chi connectivity index (χ1v) is 24.3. The number of ether oxygens (including phenoxy) is 2. The molecular formula is C44H89NO8P+. The number of esters is 2. The van der Waals surface area contributed by atoms with Gasteiger partial charge in [0.05, 0.1) is 27.7 Å². The fraction of sp³-hybridized carbons (Fsp3) is 0.955. The molecule has 0 fully saturated rings. The van der Waals surface area contributed by atoms with Gasteiger partial charge in [0.25, 0.3) is 0 Å². The minimum atomic E-state index is -4.36. The van der Waals surface area contributed by atoms with E-state index in [4.69, 9.17) is 18.5 Å². The summed E-state index contributed by atoms with van der Waals surface area (Å²) in [6, 6.07) is 0. The average molecular weight is 791 g/mol. The van der Waals surface area contributed by atoms with Gasteiger partial charge in [-0.15, -0.1) is 0 Å². The Morgan fingerprint density at radius 3 is 1.19 bits per heavy atom. The van der Waals surface area contributed by atoms with Gasteiger partial charge in [-0.25, -0.2) is 4.57 Å². The summed E-state index contributed by atoms with van der Waals surface area (Å²) in [5.41, 5.74) is 0. The Hall–Kier alpha value is -0.990. The van der Waals surface area contributed by atoms with E-state index in [1.165, 1.54) is 154 Å². The number of phosphoric ester groups is 1. The van der Waals surface area contributed by atoms with Gasteiger partial charge in [0, 0.05) is 12.8 Å². The van der Waals surface area contributed by atoms with E-state index in [-0.39, 0.29) is 25.6 Å². The number of carbonyl (C=O) groups excluding carboxylic acids is 2. The van der Waals surface area contributed by atoms with Gasteiger partial charge in [0.15, 0.2) is 6.10 Å². The predicted molar refractivity (Wildman–Crippen MR) is 225 cm³/mol.